The predicted octanol–water partition coefficient (Wildman–Crippen LogP) is 3.99. The van der Waals surface area contributed by atoms with Gasteiger partial charge in [0.25, 0.3) is 0 Å². The molecule has 0 bridgehead atoms. The van der Waals surface area contributed by atoms with Crippen molar-refractivity contribution in [3.05, 3.63) is 60.2 Å². The Morgan fingerprint density at radius 3 is 2.19 bits per heavy atom. The second-order valence-electron chi connectivity index (χ2n) is 6.12. The Morgan fingerprint density at radius 2 is 1.65 bits per heavy atom. The number of rotatable bonds is 6. The molecule has 11 heteroatoms. The Balaban J connectivity index is 2.19. The first-order chi connectivity index (χ1) is 14.7. The molecule has 2 amide bonds. The third kappa shape index (κ3) is 5.28. The minimum atomic E-state index is -5.06. The minimum absolute atomic E-state index is 0.00835. The highest BCUT2D eigenvalue weighted by Crippen LogP contribution is 2.40. The van der Waals surface area contributed by atoms with Gasteiger partial charge in [0.05, 0.1) is 22.6 Å². The molecule has 0 saturated carbocycles. The third-order valence-electron chi connectivity index (χ3n) is 4.03. The molecule has 0 atom stereocenters. The number of benzene rings is 2. The van der Waals surface area contributed by atoms with Crippen LogP contribution < -0.4 is 15.8 Å². The van der Waals surface area contributed by atoms with Crippen LogP contribution in [0, 0.1) is 0 Å². The number of anilines is 1. The fraction of sp³-hybridized carbons (Fsp3) is 0.100. The largest absolute Gasteiger partial charge is 0.573 e. The number of carbonyl (C=O) groups is 2. The smallest absolute Gasteiger partial charge is 0.404 e. The number of carbonyl (C=O) groups excluding carboxylic acids is 2. The Kier molecular flexibility index (Phi) is 6.40. The van der Waals surface area contributed by atoms with Crippen LogP contribution in [0.5, 0.6) is 5.75 Å². The van der Waals surface area contributed by atoms with Gasteiger partial charge in [-0.3, -0.25) is 9.59 Å². The molecule has 3 aromatic rings. The van der Waals surface area contributed by atoms with E-state index in [9.17, 15) is 22.8 Å². The summed E-state index contributed by atoms with van der Waals surface area (Å²) in [6.07, 6.45) is -5.06. The van der Waals surface area contributed by atoms with Gasteiger partial charge in [0.2, 0.25) is 11.8 Å². The Labute approximate surface area is 179 Å². The number of halogens is 4. The number of nitrogens with one attached hydrogen (secondary N) is 1. The van der Waals surface area contributed by atoms with Crippen molar-refractivity contribution < 1.29 is 27.5 Å². The van der Waals surface area contributed by atoms with Gasteiger partial charge in [0.1, 0.15) is 5.88 Å². The van der Waals surface area contributed by atoms with Gasteiger partial charge in [-0.2, -0.15) is 0 Å². The number of alkyl halides is 4. The zero-order chi connectivity index (χ0) is 22.6. The monoisotopic (exact) mass is 450 g/mol. The van der Waals surface area contributed by atoms with E-state index in [4.69, 9.17) is 17.3 Å². The van der Waals surface area contributed by atoms with E-state index in [1.165, 1.54) is 6.07 Å². The van der Waals surface area contributed by atoms with Crippen molar-refractivity contribution in [1.82, 2.24) is 10.2 Å². The predicted molar refractivity (Wildman–Crippen MR) is 107 cm³/mol. The summed E-state index contributed by atoms with van der Waals surface area (Å²) in [5.41, 5.74) is 5.79. The lowest BCUT2D eigenvalue weighted by atomic mass is 9.99. The summed E-state index contributed by atoms with van der Waals surface area (Å²) in [7, 11) is 0. The number of aromatic nitrogens is 2. The van der Waals surface area contributed by atoms with Gasteiger partial charge in [-0.1, -0.05) is 30.3 Å². The van der Waals surface area contributed by atoms with E-state index in [1.54, 1.807) is 30.3 Å². The fourth-order valence-electron chi connectivity index (χ4n) is 2.79. The van der Waals surface area contributed by atoms with Crippen molar-refractivity contribution in [2.75, 3.05) is 11.2 Å². The lowest BCUT2D eigenvalue weighted by molar-refractivity contribution is -0.274. The average Bonchev–Trinajstić information content (AvgIpc) is 2.74. The number of nitrogens with zero attached hydrogens (tertiary/aromatic N) is 2. The van der Waals surface area contributed by atoms with Crippen molar-refractivity contribution in [2.45, 2.75) is 6.36 Å². The molecule has 3 rings (SSSR count). The molecule has 0 spiro atoms. The summed E-state index contributed by atoms with van der Waals surface area (Å²) in [6, 6.07) is 13.9. The summed E-state index contributed by atoms with van der Waals surface area (Å²) in [6.45, 7) is 0. The van der Waals surface area contributed by atoms with Gasteiger partial charge in [-0.05, 0) is 24.3 Å². The van der Waals surface area contributed by atoms with Gasteiger partial charge in [-0.25, -0.2) is 0 Å². The van der Waals surface area contributed by atoms with Crippen molar-refractivity contribution in [1.29, 1.82) is 0 Å². The number of nitrogens with two attached hydrogens (primary N) is 1. The maximum Gasteiger partial charge on any atom is 0.573 e. The molecule has 0 aliphatic rings. The van der Waals surface area contributed by atoms with E-state index in [-0.39, 0.29) is 16.8 Å². The molecular weight excluding hydrogens is 437 g/mol. The first-order valence-corrected chi connectivity index (χ1v) is 9.21. The Hall–Kier alpha value is -3.66. The molecule has 3 N–H and O–H groups in total. The molecule has 160 valence electrons. The zero-order valence-electron chi connectivity index (χ0n) is 15.6. The molecule has 0 fully saturated rings. The van der Waals surface area contributed by atoms with Crippen LogP contribution in [0.3, 0.4) is 0 Å². The van der Waals surface area contributed by atoms with Crippen LogP contribution in [-0.2, 0) is 4.79 Å². The molecular formula is C20H14ClF3N4O3. The van der Waals surface area contributed by atoms with Crippen LogP contribution in [0.25, 0.3) is 22.5 Å². The molecule has 0 aliphatic carbocycles. The summed E-state index contributed by atoms with van der Waals surface area (Å²) < 4.78 is 42.7. The van der Waals surface area contributed by atoms with Crippen LogP contribution in [0.15, 0.2) is 54.6 Å². The van der Waals surface area contributed by atoms with Crippen molar-refractivity contribution in [3.63, 3.8) is 0 Å². The number of ether oxygens (including phenoxy) is 1. The fourth-order valence-corrected chi connectivity index (χ4v) is 2.86. The van der Waals surface area contributed by atoms with Crippen molar-refractivity contribution >= 4 is 29.1 Å². The summed E-state index contributed by atoms with van der Waals surface area (Å²) >= 11 is 5.48. The highest BCUT2D eigenvalue weighted by molar-refractivity contribution is 6.29. The van der Waals surface area contributed by atoms with Crippen LogP contribution in [-0.4, -0.2) is 34.3 Å². The first-order valence-electron chi connectivity index (χ1n) is 8.67. The van der Waals surface area contributed by atoms with Gasteiger partial charge < -0.3 is 15.8 Å². The zero-order valence-corrected chi connectivity index (χ0v) is 16.4. The average molecular weight is 451 g/mol. The second-order valence-corrected chi connectivity index (χ2v) is 6.39. The van der Waals surface area contributed by atoms with E-state index in [2.05, 4.69) is 20.3 Å². The molecule has 1 heterocycles. The van der Waals surface area contributed by atoms with Crippen LogP contribution in [0.2, 0.25) is 0 Å². The van der Waals surface area contributed by atoms with E-state index < -0.39 is 35.5 Å². The maximum absolute atomic E-state index is 12.9. The Bertz CT molecular complexity index is 1110. The number of amides is 2. The van der Waals surface area contributed by atoms with E-state index in [0.29, 0.717) is 5.69 Å². The SMILES string of the molecule is NC(=O)c1ccc(OC(F)(F)F)c(NC(=O)CCl)c1-c1ccc(-c2ccccc2)nn1. The molecule has 0 saturated heterocycles. The number of hydrogen-bond acceptors (Lipinski definition) is 5. The standard InChI is InChI=1S/C20H14ClF3N4O3/c21-10-16(29)26-18-15(31-20(22,23)24)9-6-12(19(25)30)17(18)14-8-7-13(27-28-14)11-4-2-1-3-5-11/h1-9H,10H2,(H2,25,30)(H,26,29). The molecule has 0 unspecified atom stereocenters. The van der Waals surface area contributed by atoms with Crippen molar-refractivity contribution in [2.24, 2.45) is 5.73 Å². The highest BCUT2D eigenvalue weighted by atomic mass is 35.5. The number of hydrogen-bond donors (Lipinski definition) is 2. The molecule has 1 aromatic heterocycles. The first kappa shape index (κ1) is 22.0. The summed E-state index contributed by atoms with van der Waals surface area (Å²) in [5.74, 6) is -3.10. The van der Waals surface area contributed by atoms with Crippen LogP contribution >= 0.6 is 11.6 Å². The number of primary amides is 1. The van der Waals surface area contributed by atoms with Gasteiger partial charge >= 0.3 is 6.36 Å². The third-order valence-corrected chi connectivity index (χ3v) is 4.28. The molecule has 31 heavy (non-hydrogen) atoms. The van der Waals surface area contributed by atoms with Crippen molar-refractivity contribution in [3.8, 4) is 28.3 Å². The molecule has 0 radical (unpaired) electrons. The molecule has 7 nitrogen and oxygen atoms in total. The lowest BCUT2D eigenvalue weighted by Crippen LogP contribution is -2.22. The van der Waals surface area contributed by atoms with Crippen LogP contribution in [0.4, 0.5) is 18.9 Å². The summed E-state index contributed by atoms with van der Waals surface area (Å²) in [4.78, 5) is 23.8. The quantitative estimate of drug-likeness (QED) is 0.552. The normalized spacial score (nSPS) is 11.1. The second kappa shape index (κ2) is 9.00. The maximum atomic E-state index is 12.9. The topological polar surface area (TPSA) is 107 Å². The van der Waals surface area contributed by atoms with Gasteiger partial charge in [0.15, 0.2) is 5.75 Å². The van der Waals surface area contributed by atoms with E-state index >= 15 is 0 Å². The lowest BCUT2D eigenvalue weighted by Gasteiger charge is -2.19. The highest BCUT2D eigenvalue weighted by Gasteiger charge is 2.34. The van der Waals surface area contributed by atoms with Gasteiger partial charge in [0, 0.05) is 11.1 Å². The molecule has 0 aliphatic heterocycles. The minimum Gasteiger partial charge on any atom is -0.404 e. The Morgan fingerprint density at radius 1 is 1.00 bits per heavy atom. The van der Waals surface area contributed by atoms with Gasteiger partial charge in [-0.15, -0.1) is 35.0 Å². The van der Waals surface area contributed by atoms with E-state index in [1.807, 2.05) is 6.07 Å². The van der Waals surface area contributed by atoms with Crippen LogP contribution in [0.1, 0.15) is 10.4 Å². The molecule has 2 aromatic carbocycles. The summed E-state index contributed by atoms with van der Waals surface area (Å²) in [5, 5.41) is 10.3. The van der Waals surface area contributed by atoms with E-state index in [0.717, 1.165) is 17.7 Å².